The van der Waals surface area contributed by atoms with Crippen molar-refractivity contribution < 1.29 is 0 Å². The predicted molar refractivity (Wildman–Crippen MR) is 387 cm³/mol. The van der Waals surface area contributed by atoms with Crippen molar-refractivity contribution in [2.75, 3.05) is 9.80 Å². The van der Waals surface area contributed by atoms with Gasteiger partial charge in [0, 0.05) is 44.9 Å². The van der Waals surface area contributed by atoms with Crippen molar-refractivity contribution in [3.8, 4) is 16.8 Å². The van der Waals surface area contributed by atoms with Crippen molar-refractivity contribution in [3.63, 3.8) is 0 Å². The molecule has 0 amide bonds. The Bertz CT molecular complexity index is 4880. The van der Waals surface area contributed by atoms with E-state index in [4.69, 9.17) is 0 Å². The zero-order valence-electron chi connectivity index (χ0n) is 49.6. The van der Waals surface area contributed by atoms with E-state index in [2.05, 4.69) is 378 Å². The van der Waals surface area contributed by atoms with Crippen molar-refractivity contribution in [1.29, 1.82) is 0 Å². The van der Waals surface area contributed by atoms with Gasteiger partial charge in [0.25, 0.3) is 6.71 Å². The third-order valence-electron chi connectivity index (χ3n) is 19.2. The Balaban J connectivity index is 1.04. The monoisotopic (exact) mass is 1180 g/mol. The van der Waals surface area contributed by atoms with E-state index in [1.54, 1.807) is 0 Å². The molecule has 1 aromatic heterocycles. The number of benzene rings is 14. The lowest BCUT2D eigenvalue weighted by atomic mass is 9.33. The number of anilines is 6. The molecular formula is C84H60BN3Si2. The van der Waals surface area contributed by atoms with Crippen molar-refractivity contribution in [1.82, 2.24) is 4.57 Å². The van der Waals surface area contributed by atoms with Crippen LogP contribution in [0.25, 0.3) is 38.6 Å². The summed E-state index contributed by atoms with van der Waals surface area (Å²) in [7, 11) is -6.38. The molecule has 3 heterocycles. The molecule has 0 fully saturated rings. The maximum Gasteiger partial charge on any atom is 0.252 e. The first kappa shape index (κ1) is 53.2. The summed E-state index contributed by atoms with van der Waals surface area (Å²) in [6, 6.07) is 138. The Morgan fingerprint density at radius 3 is 0.989 bits per heavy atom. The second-order valence-corrected chi connectivity index (χ2v) is 31.3. The predicted octanol–water partition coefficient (Wildman–Crippen LogP) is 13.3. The van der Waals surface area contributed by atoms with Crippen molar-refractivity contribution in [3.05, 3.63) is 364 Å². The number of hydrogen-bond donors (Lipinski definition) is 0. The Hall–Kier alpha value is -11.0. The number of hydrogen-bond acceptors (Lipinski definition) is 2. The molecule has 15 aromatic rings. The highest BCUT2D eigenvalue weighted by Gasteiger charge is 2.50. The molecule has 2 aliphatic rings. The number of rotatable bonds is 12. The number of nitrogens with zero attached hydrogens (tertiary/aromatic N) is 3. The van der Waals surface area contributed by atoms with E-state index < -0.39 is 16.1 Å². The van der Waals surface area contributed by atoms with Gasteiger partial charge in [-0.2, -0.15) is 0 Å². The summed E-state index contributed by atoms with van der Waals surface area (Å²) in [4.78, 5) is 5.37. The quantitative estimate of drug-likeness (QED) is 0.0892. The maximum absolute atomic E-state index is 3.20. The molecule has 0 N–H and O–H groups in total. The highest BCUT2D eigenvalue weighted by atomic mass is 28.3. The largest absolute Gasteiger partial charge is 0.311 e. The fourth-order valence-electron chi connectivity index (χ4n) is 15.6. The van der Waals surface area contributed by atoms with E-state index in [1.807, 2.05) is 0 Å². The minimum absolute atomic E-state index is 0.164. The van der Waals surface area contributed by atoms with Crippen LogP contribution < -0.4 is 67.7 Å². The Labute approximate surface area is 528 Å². The summed E-state index contributed by atoms with van der Waals surface area (Å²) in [5.41, 5.74) is 16.5. The standard InChI is InChI=1S/C84H60BN3Si2/c1-8-32-61(33-9-1)62-56-57-77-73(58-62)85-72-48-24-27-51-76(72)87(78-52-28-30-54-82(78)89(64-34-10-2-11-35-64,65-36-12-3-13-37-65)66-38-14-4-15-39-66)80-59-63(86-74-49-25-22-46-70(74)71-47-23-26-50-75(71)86)60-81(84(80)85)88(77)79-53-29-31-55-83(79)90(67-40-16-5-17-41-67,68-42-18-6-19-43-68)69-44-20-7-21-45-69/h1-60H. The van der Waals surface area contributed by atoms with E-state index in [-0.39, 0.29) is 6.71 Å². The van der Waals surface area contributed by atoms with Gasteiger partial charge in [-0.15, -0.1) is 0 Å². The van der Waals surface area contributed by atoms with Crippen LogP contribution in [0.15, 0.2) is 364 Å². The van der Waals surface area contributed by atoms with Gasteiger partial charge in [0.1, 0.15) is 0 Å². The second-order valence-electron chi connectivity index (χ2n) is 23.8. The van der Waals surface area contributed by atoms with Crippen LogP contribution in [0.3, 0.4) is 0 Å². The molecule has 422 valence electrons. The van der Waals surface area contributed by atoms with Crippen molar-refractivity contribution in [2.24, 2.45) is 0 Å². The van der Waals surface area contributed by atoms with Crippen LogP contribution in [0.4, 0.5) is 34.1 Å². The molecular weight excluding hydrogens is 1120 g/mol. The van der Waals surface area contributed by atoms with Crippen LogP contribution in [-0.2, 0) is 0 Å². The van der Waals surface area contributed by atoms with Gasteiger partial charge in [-0.1, -0.05) is 315 Å². The molecule has 0 saturated carbocycles. The SMILES string of the molecule is c1ccc(-c2ccc3c(c2)B2c4ccccc4N(c4ccccc4[Si](c4ccccc4)(c4ccccc4)c4ccccc4)c4cc(-n5c6ccccc6c6ccccc65)cc(c42)N3c2ccccc2[Si](c2ccccc2)(c2ccccc2)c2ccccc2)cc1. The van der Waals surface area contributed by atoms with Crippen LogP contribution in [-0.4, -0.2) is 27.4 Å². The molecule has 2 aliphatic heterocycles. The molecule has 14 aromatic carbocycles. The Morgan fingerprint density at radius 2 is 0.567 bits per heavy atom. The summed E-state index contributed by atoms with van der Waals surface area (Å²) in [5, 5.41) is 13.0. The molecule has 6 heteroatoms. The van der Waals surface area contributed by atoms with Crippen LogP contribution in [0.1, 0.15) is 0 Å². The molecule has 17 rings (SSSR count). The molecule has 0 aliphatic carbocycles. The molecule has 0 atom stereocenters. The fraction of sp³-hybridized carbons (Fsp3) is 0. The lowest BCUT2D eigenvalue weighted by Crippen LogP contribution is -2.75. The Kier molecular flexibility index (Phi) is 13.0. The zero-order chi connectivity index (χ0) is 59.6. The highest BCUT2D eigenvalue weighted by molar-refractivity contribution is 7.21. The first-order chi connectivity index (χ1) is 44.7. The van der Waals surface area contributed by atoms with Gasteiger partial charge in [-0.25, -0.2) is 0 Å². The van der Waals surface area contributed by atoms with Gasteiger partial charge in [-0.05, 0) is 118 Å². The Morgan fingerprint density at radius 1 is 0.233 bits per heavy atom. The van der Waals surface area contributed by atoms with E-state index in [0.29, 0.717) is 0 Å². The van der Waals surface area contributed by atoms with Crippen molar-refractivity contribution in [2.45, 2.75) is 0 Å². The third kappa shape index (κ3) is 8.19. The van der Waals surface area contributed by atoms with Gasteiger partial charge < -0.3 is 14.4 Å². The van der Waals surface area contributed by atoms with Crippen LogP contribution in [0.5, 0.6) is 0 Å². The molecule has 0 saturated heterocycles. The first-order valence-corrected chi connectivity index (χ1v) is 35.3. The molecule has 90 heavy (non-hydrogen) atoms. The van der Waals surface area contributed by atoms with Gasteiger partial charge in [-0.3, -0.25) is 0 Å². The maximum atomic E-state index is 2.69. The first-order valence-electron chi connectivity index (χ1n) is 31.3. The van der Waals surface area contributed by atoms with E-state index in [0.717, 1.165) is 45.2 Å². The summed E-state index contributed by atoms with van der Waals surface area (Å²) >= 11 is 0. The third-order valence-corrected chi connectivity index (χ3v) is 28.9. The number of para-hydroxylation sites is 5. The zero-order valence-corrected chi connectivity index (χ0v) is 51.6. The molecule has 0 radical (unpaired) electrons. The molecule has 0 bridgehead atoms. The smallest absolute Gasteiger partial charge is 0.252 e. The van der Waals surface area contributed by atoms with Gasteiger partial charge >= 0.3 is 0 Å². The van der Waals surface area contributed by atoms with Gasteiger partial charge in [0.2, 0.25) is 0 Å². The minimum atomic E-state index is -3.20. The van der Waals surface area contributed by atoms with E-state index in [1.165, 1.54) is 85.5 Å². The summed E-state index contributed by atoms with van der Waals surface area (Å²) < 4.78 is 2.53. The molecule has 3 nitrogen and oxygen atoms in total. The number of aromatic nitrogens is 1. The van der Waals surface area contributed by atoms with Crippen LogP contribution in [0, 0.1) is 0 Å². The fourth-order valence-corrected chi connectivity index (χ4v) is 25.5. The average Bonchev–Trinajstić information content (AvgIpc) is 0.833. The van der Waals surface area contributed by atoms with Crippen molar-refractivity contribution >= 4 is 137 Å². The van der Waals surface area contributed by atoms with E-state index >= 15 is 0 Å². The number of fused-ring (bicyclic) bond motifs is 7. The summed E-state index contributed by atoms with van der Waals surface area (Å²) in [5.74, 6) is 0. The minimum Gasteiger partial charge on any atom is -0.311 e. The summed E-state index contributed by atoms with van der Waals surface area (Å²) in [6.07, 6.45) is 0. The lowest BCUT2D eigenvalue weighted by Gasteiger charge is -2.47. The van der Waals surface area contributed by atoms with Crippen LogP contribution in [0.2, 0.25) is 0 Å². The molecule has 0 spiro atoms. The topological polar surface area (TPSA) is 11.4 Å². The average molecular weight is 1180 g/mol. The second kappa shape index (κ2) is 22.0. The van der Waals surface area contributed by atoms with Gasteiger partial charge in [0.15, 0.2) is 16.1 Å². The van der Waals surface area contributed by atoms with Gasteiger partial charge in [0.05, 0.1) is 16.7 Å². The van der Waals surface area contributed by atoms with E-state index in [9.17, 15) is 0 Å². The molecule has 0 unspecified atom stereocenters. The highest BCUT2D eigenvalue weighted by Crippen LogP contribution is 2.47. The lowest BCUT2D eigenvalue weighted by molar-refractivity contribution is 1.16. The summed E-state index contributed by atoms with van der Waals surface area (Å²) in [6.45, 7) is -0.164. The normalized spacial score (nSPS) is 12.6. The van der Waals surface area contributed by atoms with Crippen LogP contribution >= 0.6 is 0 Å².